The smallest absolute Gasteiger partial charge is 0.333 e. The van der Waals surface area contributed by atoms with Crippen LogP contribution in [0.2, 0.25) is 0 Å². The van der Waals surface area contributed by atoms with Gasteiger partial charge in [0.1, 0.15) is 37.9 Å². The summed E-state index contributed by atoms with van der Waals surface area (Å²) in [5, 5.41) is 16.3. The number of carboxylic acid groups (broad SMARTS) is 2. The molecule has 2 aromatic rings. The average molecular weight is 986 g/mol. The topological polar surface area (TPSA) is 198 Å². The second-order valence-corrected chi connectivity index (χ2v) is 15.2. The van der Waals surface area contributed by atoms with Crippen molar-refractivity contribution in [2.45, 2.75) is 147 Å². The van der Waals surface area contributed by atoms with Crippen molar-refractivity contribution in [2.24, 2.45) is 16.2 Å². The molecule has 0 aromatic heterocycles. The number of aliphatic carboxylic acids is 2. The first kappa shape index (κ1) is 89.7. The monoisotopic (exact) mass is 986 g/mol. The number of para-hydroxylation sites is 2. The van der Waals surface area contributed by atoms with Gasteiger partial charge in [-0.05, 0) is 106 Å². The van der Waals surface area contributed by atoms with Gasteiger partial charge in [-0.3, -0.25) is 14.4 Å². The van der Waals surface area contributed by atoms with Crippen molar-refractivity contribution < 1.29 is 67.4 Å². The Hall–Kier alpha value is -5.86. The predicted octanol–water partition coefficient (Wildman–Crippen LogP) is 12.1. The first-order chi connectivity index (χ1) is 28.6. The van der Waals surface area contributed by atoms with Gasteiger partial charge in [0.05, 0.1) is 30.5 Å². The van der Waals surface area contributed by atoms with Crippen LogP contribution in [0.25, 0.3) is 0 Å². The highest BCUT2D eigenvalue weighted by molar-refractivity contribution is 5.87. The van der Waals surface area contributed by atoms with Crippen LogP contribution in [0.3, 0.4) is 0 Å². The normalized spacial score (nSPS) is 8.96. The van der Waals surface area contributed by atoms with Gasteiger partial charge in [-0.2, -0.15) is 0 Å². The van der Waals surface area contributed by atoms with Crippen LogP contribution in [0.15, 0.2) is 97.1 Å². The number of carboxylic acids is 2. The first-order valence-electron chi connectivity index (χ1n) is 19.9. The summed E-state index contributed by atoms with van der Waals surface area (Å²) >= 11 is 0. The molecule has 0 spiro atoms. The lowest BCUT2D eigenvalue weighted by molar-refractivity contribution is -0.155. The van der Waals surface area contributed by atoms with Crippen LogP contribution in [0, 0.1) is 16.2 Å². The lowest BCUT2D eigenvalue weighted by Crippen LogP contribution is -2.27. The van der Waals surface area contributed by atoms with Gasteiger partial charge in [0.15, 0.2) is 0 Å². The molecule has 0 atom stereocenters. The van der Waals surface area contributed by atoms with E-state index in [1.807, 2.05) is 109 Å². The minimum atomic E-state index is -0.935. The molecule has 15 heteroatoms. The number of benzene rings is 2. The molecule has 69 heavy (non-hydrogen) atoms. The largest absolute Gasteiger partial charge is 0.490 e. The van der Waals surface area contributed by atoms with Gasteiger partial charge in [0, 0.05) is 16.7 Å². The molecule has 2 aromatic carbocycles. The van der Waals surface area contributed by atoms with Crippen LogP contribution in [0.4, 0.5) is 0 Å². The molecule has 0 fully saturated rings. The van der Waals surface area contributed by atoms with Crippen molar-refractivity contribution in [2.75, 3.05) is 40.6 Å². The highest BCUT2D eigenvalue weighted by Gasteiger charge is 2.27. The molecule has 0 heterocycles. The summed E-state index contributed by atoms with van der Waals surface area (Å²) in [4.78, 5) is 63.5. The zero-order valence-electron chi connectivity index (χ0n) is 39.6. The molecule has 14 nitrogen and oxygen atoms in total. The van der Waals surface area contributed by atoms with Crippen molar-refractivity contribution in [3.8, 4) is 11.5 Å². The van der Waals surface area contributed by atoms with Gasteiger partial charge < -0.3 is 38.6 Å². The Morgan fingerprint density at radius 2 is 0.783 bits per heavy atom. The second kappa shape index (κ2) is 50.0. The Balaban J connectivity index is -0.0000000663. The Labute approximate surface area is 422 Å². The van der Waals surface area contributed by atoms with Crippen LogP contribution in [0.1, 0.15) is 147 Å². The Bertz CT molecular complexity index is 1640. The number of rotatable bonds is 17. The third-order valence-corrected chi connectivity index (χ3v) is 8.43. The van der Waals surface area contributed by atoms with Crippen molar-refractivity contribution in [3.05, 3.63) is 97.1 Å². The molecule has 2 N–H and O–H groups in total. The van der Waals surface area contributed by atoms with Gasteiger partial charge in [-0.25, -0.2) is 14.4 Å². The summed E-state index contributed by atoms with van der Waals surface area (Å²) in [6.45, 7) is 32.7. The predicted molar refractivity (Wildman–Crippen MR) is 293 cm³/mol. The number of hydrogen-bond acceptors (Lipinski definition) is 12. The third kappa shape index (κ3) is 49.9. The maximum absolute atomic E-state index is 11.6. The standard InChI is InChI=1S/C14H20O3.C12H14O3.C7H14O2.C6H12O2.C5H8O2.C4H6O2.6CH4.BH4/c1-4-14(2,3)13(15)17-11-10-16-12-8-6-5-7-9-12;1-10(2)12(13)15-9-8-14-11-6-4-3-5-7-11;1-5-7(2,3)6(8)9-4;1-4-6(2,3)5(7)8;1-4(2)5(6)7-3;1-3(2)4(5)6;;;;;;;/h5-9H,4,10-11H2,1-3H3;3-7H,1,8-9H2,2H3;5H2,1-4H3;4H2,1-3H3,(H,7,8);1H2,2-3H3;1H2,2H3,(H,5,6);7*1H4/q;;;;;;;;;;;;-1. The lowest BCUT2D eigenvalue weighted by atomic mass is 9.91. The van der Waals surface area contributed by atoms with Gasteiger partial charge >= 0.3 is 35.8 Å². The molecule has 0 radical (unpaired) electrons. The van der Waals surface area contributed by atoms with E-state index >= 15 is 0 Å². The summed E-state index contributed by atoms with van der Waals surface area (Å²) in [6, 6.07) is 18.9. The number of carbonyl (C=O) groups excluding carboxylic acids is 4. The summed E-state index contributed by atoms with van der Waals surface area (Å²) in [6.07, 6.45) is 2.27. The molecule has 0 bridgehead atoms. The Kier molecular flexibility index (Phi) is 65.0. The molecule has 0 saturated heterocycles. The zero-order chi connectivity index (χ0) is 49.1. The van der Waals surface area contributed by atoms with Gasteiger partial charge in [-0.15, -0.1) is 0 Å². The molecular formula is C54H102BO14-. The number of methoxy groups -OCH3 is 2. The van der Waals surface area contributed by atoms with E-state index < -0.39 is 22.8 Å². The summed E-state index contributed by atoms with van der Waals surface area (Å²) < 4.78 is 29.6. The van der Waals surface area contributed by atoms with E-state index in [1.54, 1.807) is 27.7 Å². The van der Waals surface area contributed by atoms with Gasteiger partial charge in [-0.1, -0.05) is 130 Å². The fourth-order valence-corrected chi connectivity index (χ4v) is 2.83. The highest BCUT2D eigenvalue weighted by atomic mass is 16.6. The van der Waals surface area contributed by atoms with Crippen LogP contribution in [-0.2, 0) is 47.7 Å². The number of ether oxygens (including phenoxy) is 6. The van der Waals surface area contributed by atoms with E-state index in [4.69, 9.17) is 29.2 Å². The SMILES string of the molecule is C.C.C.C.C.C.C=C(C)C(=O)O.C=C(C)C(=O)OC.C=C(C)C(=O)OCCOc1ccccc1.CCC(C)(C)C(=O)O.CCC(C)(C)C(=O)OC.CCC(C)(C)C(=O)OCCOc1ccccc1.[BH4-]. The van der Waals surface area contributed by atoms with Crippen molar-refractivity contribution in [1.29, 1.82) is 0 Å². The minimum Gasteiger partial charge on any atom is -0.490 e. The molecule has 0 unspecified atom stereocenters. The summed E-state index contributed by atoms with van der Waals surface area (Å²) in [5.41, 5.74) is -0.256. The first-order valence-corrected chi connectivity index (χ1v) is 19.9. The van der Waals surface area contributed by atoms with Crippen molar-refractivity contribution >= 4 is 44.2 Å². The molecule has 406 valence electrons. The summed E-state index contributed by atoms with van der Waals surface area (Å²) in [5.74, 6) is -1.13. The zero-order valence-corrected chi connectivity index (χ0v) is 39.6. The molecule has 2 rings (SSSR count). The Morgan fingerprint density at radius 1 is 0.478 bits per heavy atom. The fraction of sp³-hybridized carbons (Fsp3) is 0.556. The van der Waals surface area contributed by atoms with Crippen LogP contribution in [0.5, 0.6) is 11.5 Å². The minimum absolute atomic E-state index is 0. The lowest BCUT2D eigenvalue weighted by Gasteiger charge is -2.20. The number of esters is 4. The maximum Gasteiger partial charge on any atom is 0.333 e. The van der Waals surface area contributed by atoms with E-state index in [0.717, 1.165) is 24.3 Å². The molecule has 0 saturated carbocycles. The quantitative estimate of drug-likeness (QED) is 0.0499. The Morgan fingerprint density at radius 3 is 0.986 bits per heavy atom. The third-order valence-electron chi connectivity index (χ3n) is 8.43. The second-order valence-electron chi connectivity index (χ2n) is 15.2. The van der Waals surface area contributed by atoms with Crippen molar-refractivity contribution in [3.63, 3.8) is 0 Å². The van der Waals surface area contributed by atoms with Crippen LogP contribution < -0.4 is 9.47 Å². The number of hydrogen-bond donors (Lipinski definition) is 2. The highest BCUT2D eigenvalue weighted by Crippen LogP contribution is 2.22. The van der Waals surface area contributed by atoms with E-state index in [0.29, 0.717) is 30.8 Å². The van der Waals surface area contributed by atoms with Crippen LogP contribution >= 0.6 is 0 Å². The average Bonchev–Trinajstić information content (AvgIpc) is 3.24. The van der Waals surface area contributed by atoms with Crippen molar-refractivity contribution in [1.82, 2.24) is 0 Å². The molecule has 0 amide bonds. The van der Waals surface area contributed by atoms with Gasteiger partial charge in [0.25, 0.3) is 0 Å². The molecule has 0 aliphatic rings. The summed E-state index contributed by atoms with van der Waals surface area (Å²) in [7, 11) is 2.75. The van der Waals surface area contributed by atoms with Gasteiger partial charge in [0.2, 0.25) is 0 Å². The molecular weight excluding hydrogens is 883 g/mol. The van der Waals surface area contributed by atoms with E-state index in [9.17, 15) is 28.8 Å². The molecule has 0 aliphatic carbocycles. The molecule has 0 aliphatic heterocycles. The van der Waals surface area contributed by atoms with E-state index in [-0.39, 0.29) is 101 Å². The van der Waals surface area contributed by atoms with Crippen LogP contribution in [-0.4, -0.2) is 95.1 Å². The van der Waals surface area contributed by atoms with E-state index in [1.165, 1.54) is 21.1 Å². The number of carbonyl (C=O) groups is 6. The maximum atomic E-state index is 11.6. The fourth-order valence-electron chi connectivity index (χ4n) is 2.83. The van der Waals surface area contributed by atoms with E-state index in [2.05, 4.69) is 29.2 Å².